The summed E-state index contributed by atoms with van der Waals surface area (Å²) < 4.78 is 27.1. The third kappa shape index (κ3) is 3.34. The van der Waals surface area contributed by atoms with Crippen LogP contribution < -0.4 is 10.5 Å². The number of benzene rings is 1. The first kappa shape index (κ1) is 14.5. The first-order valence-electron chi connectivity index (χ1n) is 6.31. The maximum Gasteiger partial charge on any atom is 0.261 e. The maximum atomic E-state index is 12.3. The van der Waals surface area contributed by atoms with Crippen molar-refractivity contribution < 1.29 is 8.42 Å². The van der Waals surface area contributed by atoms with Gasteiger partial charge in [-0.15, -0.1) is 0 Å². The monoisotopic (exact) mass is 291 g/mol. The summed E-state index contributed by atoms with van der Waals surface area (Å²) in [6.45, 7) is 1.96. The zero-order valence-corrected chi connectivity index (χ0v) is 12.0. The molecule has 0 amide bonds. The fourth-order valence-electron chi connectivity index (χ4n) is 1.78. The van der Waals surface area contributed by atoms with Gasteiger partial charge in [-0.2, -0.15) is 0 Å². The van der Waals surface area contributed by atoms with Crippen molar-refractivity contribution >= 4 is 15.7 Å². The van der Waals surface area contributed by atoms with Crippen LogP contribution >= 0.6 is 0 Å². The highest BCUT2D eigenvalue weighted by Crippen LogP contribution is 2.20. The Morgan fingerprint density at radius 3 is 2.60 bits per heavy atom. The van der Waals surface area contributed by atoms with Crippen LogP contribution in [0.15, 0.2) is 53.7 Å². The minimum atomic E-state index is -3.61. The molecular formula is C14H17N3O2S. The number of anilines is 1. The molecule has 0 aliphatic heterocycles. The van der Waals surface area contributed by atoms with Gasteiger partial charge in [-0.3, -0.25) is 9.71 Å². The van der Waals surface area contributed by atoms with Crippen molar-refractivity contribution in [1.29, 1.82) is 0 Å². The molecule has 1 unspecified atom stereocenters. The number of rotatable bonds is 5. The molecule has 0 aliphatic rings. The molecule has 1 aromatic carbocycles. The van der Waals surface area contributed by atoms with Gasteiger partial charge >= 0.3 is 0 Å². The van der Waals surface area contributed by atoms with Crippen molar-refractivity contribution in [2.75, 3.05) is 4.72 Å². The summed E-state index contributed by atoms with van der Waals surface area (Å²) in [7, 11) is -3.61. The van der Waals surface area contributed by atoms with E-state index in [1.54, 1.807) is 30.3 Å². The number of hydrogen-bond donors (Lipinski definition) is 2. The number of nitrogens with zero attached hydrogens (tertiary/aromatic N) is 1. The van der Waals surface area contributed by atoms with Gasteiger partial charge in [0, 0.05) is 18.4 Å². The summed E-state index contributed by atoms with van der Waals surface area (Å²) >= 11 is 0. The van der Waals surface area contributed by atoms with E-state index in [1.165, 1.54) is 12.4 Å². The lowest BCUT2D eigenvalue weighted by atomic mass is 10.1. The van der Waals surface area contributed by atoms with Gasteiger partial charge < -0.3 is 5.73 Å². The predicted molar refractivity (Wildman–Crippen MR) is 78.7 cm³/mol. The van der Waals surface area contributed by atoms with Crippen LogP contribution in [0.25, 0.3) is 0 Å². The Kier molecular flexibility index (Phi) is 4.36. The van der Waals surface area contributed by atoms with Crippen LogP contribution in [0.1, 0.15) is 24.9 Å². The first-order chi connectivity index (χ1) is 9.53. The normalized spacial score (nSPS) is 12.9. The average Bonchev–Trinajstić information content (AvgIpc) is 2.47. The first-order valence-corrected chi connectivity index (χ1v) is 7.79. The Bertz CT molecular complexity index is 672. The van der Waals surface area contributed by atoms with Gasteiger partial charge in [-0.05, 0) is 36.2 Å². The summed E-state index contributed by atoms with van der Waals surface area (Å²) in [5, 5.41) is 0. The van der Waals surface area contributed by atoms with E-state index in [4.69, 9.17) is 5.73 Å². The summed E-state index contributed by atoms with van der Waals surface area (Å²) in [5.74, 6) is 0. The maximum absolute atomic E-state index is 12.3. The molecule has 0 saturated carbocycles. The van der Waals surface area contributed by atoms with E-state index < -0.39 is 10.0 Å². The molecule has 0 saturated heterocycles. The van der Waals surface area contributed by atoms with Crippen molar-refractivity contribution in [3.63, 3.8) is 0 Å². The zero-order chi connectivity index (χ0) is 14.6. The van der Waals surface area contributed by atoms with Crippen molar-refractivity contribution in [2.24, 2.45) is 5.73 Å². The number of hydrogen-bond acceptors (Lipinski definition) is 4. The molecule has 1 atom stereocenters. The Morgan fingerprint density at radius 1 is 1.25 bits per heavy atom. The van der Waals surface area contributed by atoms with Crippen LogP contribution in [0.2, 0.25) is 0 Å². The highest BCUT2D eigenvalue weighted by atomic mass is 32.2. The number of nitrogens with two attached hydrogens (primary N) is 1. The second-order valence-electron chi connectivity index (χ2n) is 4.43. The lowest BCUT2D eigenvalue weighted by molar-refractivity contribution is 0.600. The van der Waals surface area contributed by atoms with E-state index in [1.807, 2.05) is 13.0 Å². The molecule has 106 valence electrons. The molecule has 1 heterocycles. The van der Waals surface area contributed by atoms with Gasteiger partial charge in [-0.1, -0.05) is 19.1 Å². The highest BCUT2D eigenvalue weighted by molar-refractivity contribution is 7.92. The fraction of sp³-hybridized carbons (Fsp3) is 0.214. The van der Waals surface area contributed by atoms with E-state index in [9.17, 15) is 8.42 Å². The summed E-state index contributed by atoms with van der Waals surface area (Å²) in [6.07, 6.45) is 3.81. The van der Waals surface area contributed by atoms with Gasteiger partial charge in [0.1, 0.15) is 0 Å². The SMILES string of the molecule is CCC(N)c1cccc(S(=O)(=O)Nc2ccncc2)c1. The molecule has 2 aromatic rings. The molecule has 5 nitrogen and oxygen atoms in total. The van der Waals surface area contributed by atoms with E-state index in [0.717, 1.165) is 12.0 Å². The third-order valence-electron chi connectivity index (χ3n) is 2.97. The van der Waals surface area contributed by atoms with Gasteiger partial charge in [0.15, 0.2) is 0 Å². The van der Waals surface area contributed by atoms with Gasteiger partial charge in [0.05, 0.1) is 10.6 Å². The van der Waals surface area contributed by atoms with Crippen LogP contribution in [-0.4, -0.2) is 13.4 Å². The van der Waals surface area contributed by atoms with Gasteiger partial charge in [0.25, 0.3) is 10.0 Å². The Hall–Kier alpha value is -1.92. The standard InChI is InChI=1S/C14H17N3O2S/c1-2-14(15)11-4-3-5-13(10-11)20(18,19)17-12-6-8-16-9-7-12/h3-10,14H,2,15H2,1H3,(H,16,17). The number of aromatic nitrogens is 1. The fourth-order valence-corrected chi connectivity index (χ4v) is 2.90. The van der Waals surface area contributed by atoms with Crippen LogP contribution in [0.4, 0.5) is 5.69 Å². The van der Waals surface area contributed by atoms with Crippen molar-refractivity contribution in [2.45, 2.75) is 24.3 Å². The third-order valence-corrected chi connectivity index (χ3v) is 4.35. The summed E-state index contributed by atoms with van der Waals surface area (Å²) in [5.41, 5.74) is 7.22. The van der Waals surface area contributed by atoms with Crippen molar-refractivity contribution in [3.8, 4) is 0 Å². The van der Waals surface area contributed by atoms with Crippen molar-refractivity contribution in [3.05, 3.63) is 54.4 Å². The Labute approximate surface area is 118 Å². The molecule has 3 N–H and O–H groups in total. The minimum Gasteiger partial charge on any atom is -0.324 e. The molecule has 6 heteroatoms. The molecule has 0 bridgehead atoms. The minimum absolute atomic E-state index is 0.161. The number of nitrogens with one attached hydrogen (secondary N) is 1. The lowest BCUT2D eigenvalue weighted by Gasteiger charge is -2.12. The molecule has 0 radical (unpaired) electrons. The van der Waals surface area contributed by atoms with Crippen LogP contribution in [0.3, 0.4) is 0 Å². The van der Waals surface area contributed by atoms with E-state index in [0.29, 0.717) is 5.69 Å². The molecule has 0 aliphatic carbocycles. The zero-order valence-electron chi connectivity index (χ0n) is 11.2. The smallest absolute Gasteiger partial charge is 0.261 e. The molecule has 1 aromatic heterocycles. The van der Waals surface area contributed by atoms with Gasteiger partial charge in [-0.25, -0.2) is 8.42 Å². The molecule has 20 heavy (non-hydrogen) atoms. The Morgan fingerprint density at radius 2 is 1.95 bits per heavy atom. The molecule has 0 spiro atoms. The Balaban J connectivity index is 2.30. The molecular weight excluding hydrogens is 274 g/mol. The van der Waals surface area contributed by atoms with E-state index >= 15 is 0 Å². The largest absolute Gasteiger partial charge is 0.324 e. The van der Waals surface area contributed by atoms with Crippen LogP contribution in [0, 0.1) is 0 Å². The quantitative estimate of drug-likeness (QED) is 0.885. The lowest BCUT2D eigenvalue weighted by Crippen LogP contribution is -2.14. The summed E-state index contributed by atoms with van der Waals surface area (Å²) in [6, 6.07) is 9.72. The number of sulfonamides is 1. The second kappa shape index (κ2) is 6.02. The summed E-state index contributed by atoms with van der Waals surface area (Å²) in [4.78, 5) is 4.05. The van der Waals surface area contributed by atoms with Gasteiger partial charge in [0.2, 0.25) is 0 Å². The second-order valence-corrected chi connectivity index (χ2v) is 6.11. The van der Waals surface area contributed by atoms with Crippen LogP contribution in [-0.2, 0) is 10.0 Å². The van der Waals surface area contributed by atoms with E-state index in [2.05, 4.69) is 9.71 Å². The number of pyridine rings is 1. The highest BCUT2D eigenvalue weighted by Gasteiger charge is 2.15. The van der Waals surface area contributed by atoms with E-state index in [-0.39, 0.29) is 10.9 Å². The average molecular weight is 291 g/mol. The molecule has 2 rings (SSSR count). The van der Waals surface area contributed by atoms with Crippen LogP contribution in [0.5, 0.6) is 0 Å². The predicted octanol–water partition coefficient (Wildman–Crippen LogP) is 2.29. The topological polar surface area (TPSA) is 85.1 Å². The van der Waals surface area contributed by atoms with Crippen molar-refractivity contribution in [1.82, 2.24) is 4.98 Å². The molecule has 0 fully saturated rings.